The number of fused-ring (bicyclic) bond motifs is 1. The molecule has 0 aromatic heterocycles. The first-order valence-corrected chi connectivity index (χ1v) is 12.3. The van der Waals surface area contributed by atoms with Crippen molar-refractivity contribution < 1.29 is 27.1 Å². The predicted octanol–water partition coefficient (Wildman–Crippen LogP) is 4.60. The van der Waals surface area contributed by atoms with Crippen LogP contribution in [-0.4, -0.2) is 33.1 Å². The lowest BCUT2D eigenvalue weighted by Crippen LogP contribution is -2.42. The molecule has 4 rings (SSSR count). The highest BCUT2D eigenvalue weighted by Crippen LogP contribution is 2.36. The van der Waals surface area contributed by atoms with Gasteiger partial charge >= 0.3 is 0 Å². The molecule has 0 fully saturated rings. The number of halogens is 1. The Labute approximate surface area is 198 Å². The fourth-order valence-electron chi connectivity index (χ4n) is 3.65. The Morgan fingerprint density at radius 3 is 2.50 bits per heavy atom. The molecule has 1 amide bonds. The van der Waals surface area contributed by atoms with Gasteiger partial charge in [-0.25, -0.2) is 12.8 Å². The maximum atomic E-state index is 13.9. The normalized spacial score (nSPS) is 16.2. The number of nitrogens with zero attached hydrogens (tertiary/aromatic N) is 1. The molecule has 7 nitrogen and oxygen atoms in total. The van der Waals surface area contributed by atoms with E-state index in [1.807, 2.05) is 6.92 Å². The van der Waals surface area contributed by atoms with Crippen molar-refractivity contribution in [1.82, 2.24) is 0 Å². The van der Waals surface area contributed by atoms with Crippen molar-refractivity contribution in [2.45, 2.75) is 37.4 Å². The van der Waals surface area contributed by atoms with Crippen LogP contribution in [0, 0.1) is 5.82 Å². The van der Waals surface area contributed by atoms with Crippen LogP contribution < -0.4 is 19.1 Å². The Morgan fingerprint density at radius 1 is 1.12 bits per heavy atom. The number of anilines is 2. The molecule has 0 unspecified atom stereocenters. The summed E-state index contributed by atoms with van der Waals surface area (Å²) >= 11 is 0. The van der Waals surface area contributed by atoms with Crippen LogP contribution in [-0.2, 0) is 14.8 Å². The number of nitrogens with one attached hydrogen (secondary N) is 1. The van der Waals surface area contributed by atoms with Crippen molar-refractivity contribution in [3.63, 3.8) is 0 Å². The van der Waals surface area contributed by atoms with Crippen LogP contribution in [0.3, 0.4) is 0 Å². The van der Waals surface area contributed by atoms with Crippen molar-refractivity contribution in [3.05, 3.63) is 78.6 Å². The zero-order chi connectivity index (χ0) is 24.3. The third-order valence-corrected chi connectivity index (χ3v) is 7.16. The largest absolute Gasteiger partial charge is 0.487 e. The summed E-state index contributed by atoms with van der Waals surface area (Å²) < 4.78 is 53.2. The fourth-order valence-corrected chi connectivity index (χ4v) is 5.20. The molecule has 1 heterocycles. The van der Waals surface area contributed by atoms with Gasteiger partial charge in [-0.2, -0.15) is 0 Å². The number of rotatable bonds is 7. The highest BCUT2D eigenvalue weighted by Gasteiger charge is 2.32. The first-order valence-electron chi connectivity index (χ1n) is 10.9. The van der Waals surface area contributed by atoms with E-state index in [4.69, 9.17) is 9.47 Å². The highest BCUT2D eigenvalue weighted by molar-refractivity contribution is 7.92. The van der Waals surface area contributed by atoms with Gasteiger partial charge in [0.2, 0.25) is 0 Å². The van der Waals surface area contributed by atoms with Gasteiger partial charge < -0.3 is 14.8 Å². The Balaban J connectivity index is 1.50. The lowest BCUT2D eigenvalue weighted by molar-refractivity contribution is -0.122. The van der Waals surface area contributed by atoms with Gasteiger partial charge in [-0.05, 0) is 61.9 Å². The Kier molecular flexibility index (Phi) is 6.74. The summed E-state index contributed by atoms with van der Waals surface area (Å²) in [6, 6.07) is 18.7. The number of carbonyl (C=O) groups excluding carboxylic acids is 1. The van der Waals surface area contributed by atoms with Crippen LogP contribution in [0.15, 0.2) is 77.7 Å². The van der Waals surface area contributed by atoms with Gasteiger partial charge in [-0.1, -0.05) is 31.2 Å². The summed E-state index contributed by atoms with van der Waals surface area (Å²) in [5.74, 6) is -0.514. The van der Waals surface area contributed by atoms with Crippen LogP contribution in [0.5, 0.6) is 11.5 Å². The second-order valence-corrected chi connectivity index (χ2v) is 9.75. The van der Waals surface area contributed by atoms with Crippen molar-refractivity contribution in [2.75, 3.05) is 16.2 Å². The van der Waals surface area contributed by atoms with Gasteiger partial charge in [0.25, 0.3) is 15.9 Å². The zero-order valence-corrected chi connectivity index (χ0v) is 19.6. The van der Waals surface area contributed by atoms with E-state index >= 15 is 0 Å². The molecular formula is C25H25FN2O5S. The molecule has 3 aromatic rings. The number of sulfonamides is 1. The minimum atomic E-state index is -3.85. The Hall–Kier alpha value is -3.59. The SMILES string of the molecule is CC[C@H](Oc1ccccc1F)C(=O)Nc1ccc(S(=O)(=O)N2C[C@@H](C)Oc3ccccc32)cc1. The van der Waals surface area contributed by atoms with Crippen LogP contribution in [0.4, 0.5) is 15.8 Å². The van der Waals surface area contributed by atoms with E-state index in [2.05, 4.69) is 5.32 Å². The standard InChI is InChI=1S/C25H25FN2O5S/c1-3-22(33-23-10-6-4-8-20(23)26)25(29)27-18-12-14-19(15-13-18)34(30,31)28-16-17(2)32-24-11-7-5-9-21(24)28/h4-15,17,22H,3,16H2,1-2H3,(H,27,29)/t17-,22+/m1/s1. The van der Waals surface area contributed by atoms with Gasteiger partial charge in [-0.3, -0.25) is 9.10 Å². The van der Waals surface area contributed by atoms with Gasteiger partial charge in [0, 0.05) is 5.69 Å². The molecule has 0 saturated heterocycles. The number of hydrogen-bond acceptors (Lipinski definition) is 5. The second kappa shape index (κ2) is 9.72. The van der Waals surface area contributed by atoms with Crippen LogP contribution in [0.25, 0.3) is 0 Å². The molecule has 1 aliphatic rings. The summed E-state index contributed by atoms with van der Waals surface area (Å²) in [7, 11) is -3.85. The van der Waals surface area contributed by atoms with Gasteiger partial charge in [0.15, 0.2) is 17.7 Å². The van der Waals surface area contributed by atoms with Crippen molar-refractivity contribution in [2.24, 2.45) is 0 Å². The summed E-state index contributed by atoms with van der Waals surface area (Å²) in [5, 5.41) is 2.70. The molecule has 0 radical (unpaired) electrons. The number of benzene rings is 3. The number of hydrogen-bond donors (Lipinski definition) is 1. The first-order chi connectivity index (χ1) is 16.3. The third kappa shape index (κ3) is 4.84. The van der Waals surface area contributed by atoms with Crippen LogP contribution >= 0.6 is 0 Å². The highest BCUT2D eigenvalue weighted by atomic mass is 32.2. The summed E-state index contributed by atoms with van der Waals surface area (Å²) in [6.45, 7) is 3.75. The van der Waals surface area contributed by atoms with Crippen molar-refractivity contribution in [1.29, 1.82) is 0 Å². The lowest BCUT2D eigenvalue weighted by Gasteiger charge is -2.34. The first kappa shape index (κ1) is 23.6. The quantitative estimate of drug-likeness (QED) is 0.530. The maximum Gasteiger partial charge on any atom is 0.265 e. The lowest BCUT2D eigenvalue weighted by atomic mass is 10.2. The van der Waals surface area contributed by atoms with Crippen molar-refractivity contribution in [3.8, 4) is 11.5 Å². The zero-order valence-electron chi connectivity index (χ0n) is 18.8. The molecule has 0 aliphatic carbocycles. The Morgan fingerprint density at radius 2 is 1.79 bits per heavy atom. The van der Waals surface area contributed by atoms with E-state index in [1.54, 1.807) is 37.3 Å². The molecule has 1 aliphatic heterocycles. The van der Waals surface area contributed by atoms with Crippen molar-refractivity contribution >= 4 is 27.3 Å². The van der Waals surface area contributed by atoms with E-state index in [0.29, 0.717) is 23.5 Å². The molecule has 2 atom stereocenters. The van der Waals surface area contributed by atoms with E-state index in [9.17, 15) is 17.6 Å². The predicted molar refractivity (Wildman–Crippen MR) is 127 cm³/mol. The second-order valence-electron chi connectivity index (χ2n) is 7.89. The molecular weight excluding hydrogens is 459 g/mol. The fraction of sp³-hybridized carbons (Fsp3) is 0.240. The topological polar surface area (TPSA) is 84.9 Å². The molecule has 0 spiro atoms. The average Bonchev–Trinajstić information content (AvgIpc) is 2.83. The van der Waals surface area contributed by atoms with E-state index in [1.165, 1.54) is 46.8 Å². The number of carbonyl (C=O) groups is 1. The molecule has 1 N–H and O–H groups in total. The molecule has 178 valence electrons. The number of amides is 1. The molecule has 9 heteroatoms. The minimum Gasteiger partial charge on any atom is -0.487 e. The number of ether oxygens (including phenoxy) is 2. The molecule has 0 bridgehead atoms. The van der Waals surface area contributed by atoms with E-state index in [0.717, 1.165) is 0 Å². The monoisotopic (exact) mass is 484 g/mol. The van der Waals surface area contributed by atoms with Gasteiger partial charge in [0.05, 0.1) is 17.1 Å². The summed E-state index contributed by atoms with van der Waals surface area (Å²) in [6.07, 6.45) is -0.892. The van der Waals surface area contributed by atoms with Crippen LogP contribution in [0.1, 0.15) is 20.3 Å². The third-order valence-electron chi connectivity index (χ3n) is 5.36. The summed E-state index contributed by atoms with van der Waals surface area (Å²) in [5.41, 5.74) is 0.879. The molecule has 0 saturated carbocycles. The average molecular weight is 485 g/mol. The van der Waals surface area contributed by atoms with E-state index in [-0.39, 0.29) is 23.3 Å². The molecule has 34 heavy (non-hydrogen) atoms. The Bertz CT molecular complexity index is 1280. The number of para-hydroxylation sites is 3. The minimum absolute atomic E-state index is 0.00837. The smallest absolute Gasteiger partial charge is 0.265 e. The van der Waals surface area contributed by atoms with Gasteiger partial charge in [-0.15, -0.1) is 0 Å². The summed E-state index contributed by atoms with van der Waals surface area (Å²) in [4.78, 5) is 12.8. The molecule has 3 aromatic carbocycles. The van der Waals surface area contributed by atoms with Gasteiger partial charge in [0.1, 0.15) is 11.9 Å². The van der Waals surface area contributed by atoms with Crippen LogP contribution in [0.2, 0.25) is 0 Å². The maximum absolute atomic E-state index is 13.9. The van der Waals surface area contributed by atoms with E-state index < -0.39 is 27.9 Å².